The summed E-state index contributed by atoms with van der Waals surface area (Å²) < 4.78 is 34.4. The van der Waals surface area contributed by atoms with Crippen LogP contribution < -0.4 is 29.6 Å². The third kappa shape index (κ3) is 21.0. The zero-order chi connectivity index (χ0) is 13.9. The molecule has 19 heavy (non-hydrogen) atoms. The maximum Gasteiger partial charge on any atom is 1.00 e. The Hall–Kier alpha value is 0.540. The van der Waals surface area contributed by atoms with Crippen molar-refractivity contribution in [3.8, 4) is 0 Å². The van der Waals surface area contributed by atoms with E-state index in [0.717, 1.165) is 44.9 Å². The van der Waals surface area contributed by atoms with Gasteiger partial charge in [0.05, 0.1) is 6.61 Å². The SMILES string of the molecule is CC(=O)CCCCCCCCCCOS(=O)(=O)[O-].[Na+]. The molecule has 0 aliphatic heterocycles. The van der Waals surface area contributed by atoms with Gasteiger partial charge < -0.3 is 9.35 Å². The molecule has 0 atom stereocenters. The van der Waals surface area contributed by atoms with E-state index in [0.29, 0.717) is 12.8 Å². The summed E-state index contributed by atoms with van der Waals surface area (Å²) in [7, 11) is -4.52. The molecule has 0 amide bonds. The van der Waals surface area contributed by atoms with E-state index in [1.807, 2.05) is 0 Å². The standard InChI is InChI=1S/C12H24O5S.Na/c1-12(13)10-8-6-4-2-3-5-7-9-11-17-18(14,15)16;/h2-11H2,1H3,(H,14,15,16);/q;+1/p-1. The molecule has 0 aliphatic rings. The van der Waals surface area contributed by atoms with E-state index < -0.39 is 10.4 Å². The molecule has 0 unspecified atom stereocenters. The normalized spacial score (nSPS) is 11.1. The molecule has 0 bridgehead atoms. The second-order valence-corrected chi connectivity index (χ2v) is 5.56. The van der Waals surface area contributed by atoms with E-state index in [9.17, 15) is 17.8 Å². The smallest absolute Gasteiger partial charge is 0.726 e. The summed E-state index contributed by atoms with van der Waals surface area (Å²) in [6.45, 7) is 1.61. The van der Waals surface area contributed by atoms with E-state index in [2.05, 4.69) is 4.18 Å². The third-order valence-electron chi connectivity index (χ3n) is 2.65. The minimum Gasteiger partial charge on any atom is -0.726 e. The summed E-state index contributed by atoms with van der Waals surface area (Å²) in [5.41, 5.74) is 0. The van der Waals surface area contributed by atoms with E-state index in [1.165, 1.54) is 0 Å². The summed E-state index contributed by atoms with van der Waals surface area (Å²) >= 11 is 0. The van der Waals surface area contributed by atoms with Gasteiger partial charge >= 0.3 is 29.6 Å². The van der Waals surface area contributed by atoms with Crippen molar-refractivity contribution in [3.63, 3.8) is 0 Å². The van der Waals surface area contributed by atoms with Gasteiger partial charge in [0.2, 0.25) is 10.4 Å². The van der Waals surface area contributed by atoms with Crippen molar-refractivity contribution in [3.05, 3.63) is 0 Å². The molecule has 0 aromatic carbocycles. The molecule has 0 spiro atoms. The molecule has 0 N–H and O–H groups in total. The fourth-order valence-corrected chi connectivity index (χ4v) is 2.02. The van der Waals surface area contributed by atoms with Crippen LogP contribution in [0.5, 0.6) is 0 Å². The third-order valence-corrected chi connectivity index (χ3v) is 3.11. The Morgan fingerprint density at radius 2 is 1.37 bits per heavy atom. The van der Waals surface area contributed by atoms with Crippen LogP contribution in [0.1, 0.15) is 64.7 Å². The zero-order valence-electron chi connectivity index (χ0n) is 12.0. The molecule has 0 saturated carbocycles. The fraction of sp³-hybridized carbons (Fsp3) is 0.917. The summed E-state index contributed by atoms with van der Waals surface area (Å²) in [6, 6.07) is 0. The Kier molecular flexibility index (Phi) is 15.5. The summed E-state index contributed by atoms with van der Waals surface area (Å²) in [4.78, 5) is 10.7. The van der Waals surface area contributed by atoms with E-state index in [1.54, 1.807) is 6.92 Å². The predicted octanol–water partition coefficient (Wildman–Crippen LogP) is -0.433. The minimum absolute atomic E-state index is 0. The van der Waals surface area contributed by atoms with Gasteiger partial charge in [0.25, 0.3) is 0 Å². The topological polar surface area (TPSA) is 83.5 Å². The molecule has 0 radical (unpaired) electrons. The minimum atomic E-state index is -4.52. The van der Waals surface area contributed by atoms with Crippen molar-refractivity contribution in [2.75, 3.05) is 6.61 Å². The van der Waals surface area contributed by atoms with Crippen LogP contribution in [0.15, 0.2) is 0 Å². The summed E-state index contributed by atoms with van der Waals surface area (Å²) in [6.07, 6.45) is 8.63. The molecule has 5 nitrogen and oxygen atoms in total. The molecular formula is C12H23NaO5S. The van der Waals surface area contributed by atoms with Crippen molar-refractivity contribution in [1.82, 2.24) is 0 Å². The van der Waals surface area contributed by atoms with E-state index in [-0.39, 0.29) is 41.9 Å². The number of rotatable bonds is 12. The first-order valence-corrected chi connectivity index (χ1v) is 7.85. The van der Waals surface area contributed by atoms with Crippen LogP contribution in [0, 0.1) is 0 Å². The summed E-state index contributed by atoms with van der Waals surface area (Å²) in [5.74, 6) is 0.253. The Morgan fingerprint density at radius 3 is 1.79 bits per heavy atom. The second kappa shape index (κ2) is 13.5. The molecule has 0 heterocycles. The van der Waals surface area contributed by atoms with Crippen molar-refractivity contribution in [2.45, 2.75) is 64.7 Å². The van der Waals surface area contributed by atoms with Crippen LogP contribution in [-0.2, 0) is 19.4 Å². The first-order valence-electron chi connectivity index (χ1n) is 6.51. The van der Waals surface area contributed by atoms with Crippen molar-refractivity contribution >= 4 is 16.2 Å². The van der Waals surface area contributed by atoms with Gasteiger partial charge in [-0.25, -0.2) is 8.42 Å². The largest absolute Gasteiger partial charge is 1.00 e. The first-order chi connectivity index (χ1) is 8.42. The molecule has 108 valence electrons. The zero-order valence-corrected chi connectivity index (χ0v) is 14.8. The first kappa shape index (κ1) is 21.8. The van der Waals surface area contributed by atoms with Crippen LogP contribution >= 0.6 is 0 Å². The average molecular weight is 302 g/mol. The molecule has 0 fully saturated rings. The van der Waals surface area contributed by atoms with Gasteiger partial charge in [0.1, 0.15) is 5.78 Å². The molecule has 0 rings (SSSR count). The second-order valence-electron chi connectivity index (χ2n) is 4.51. The van der Waals surface area contributed by atoms with Crippen LogP contribution in [-0.4, -0.2) is 25.4 Å². The Labute approximate surface area is 138 Å². The van der Waals surface area contributed by atoms with Crippen LogP contribution in [0.3, 0.4) is 0 Å². The van der Waals surface area contributed by atoms with E-state index >= 15 is 0 Å². The number of hydrogen-bond acceptors (Lipinski definition) is 5. The van der Waals surface area contributed by atoms with Gasteiger partial charge in [-0.3, -0.25) is 4.18 Å². The predicted molar refractivity (Wildman–Crippen MR) is 67.9 cm³/mol. The fourth-order valence-electron chi connectivity index (χ4n) is 1.70. The molecule has 0 aromatic heterocycles. The molecular weight excluding hydrogens is 279 g/mol. The van der Waals surface area contributed by atoms with Crippen molar-refractivity contribution < 1.29 is 51.5 Å². The average Bonchev–Trinajstić information content (AvgIpc) is 2.24. The number of ketones is 1. The van der Waals surface area contributed by atoms with Gasteiger partial charge in [-0.15, -0.1) is 0 Å². The monoisotopic (exact) mass is 302 g/mol. The number of carbonyl (C=O) groups is 1. The van der Waals surface area contributed by atoms with Crippen molar-refractivity contribution in [2.24, 2.45) is 0 Å². The van der Waals surface area contributed by atoms with Crippen LogP contribution in [0.25, 0.3) is 0 Å². The number of unbranched alkanes of at least 4 members (excludes halogenated alkanes) is 7. The Balaban J connectivity index is 0. The molecule has 7 heteroatoms. The Bertz CT molecular complexity index is 316. The number of hydrogen-bond donors (Lipinski definition) is 0. The maximum absolute atomic E-state index is 10.7. The molecule has 0 aromatic rings. The van der Waals surface area contributed by atoms with Gasteiger partial charge in [-0.1, -0.05) is 38.5 Å². The van der Waals surface area contributed by atoms with Gasteiger partial charge in [0.15, 0.2) is 0 Å². The van der Waals surface area contributed by atoms with Crippen LogP contribution in [0.4, 0.5) is 0 Å². The maximum atomic E-state index is 10.7. The number of Topliss-reactive ketones (excluding diaryl/α,β-unsaturated/α-hetero) is 1. The summed E-state index contributed by atoms with van der Waals surface area (Å²) in [5, 5.41) is 0. The van der Waals surface area contributed by atoms with Gasteiger partial charge in [-0.05, 0) is 19.8 Å². The van der Waals surface area contributed by atoms with Crippen molar-refractivity contribution in [1.29, 1.82) is 0 Å². The van der Waals surface area contributed by atoms with Crippen LogP contribution in [0.2, 0.25) is 0 Å². The molecule has 0 saturated heterocycles. The van der Waals surface area contributed by atoms with Gasteiger partial charge in [-0.2, -0.15) is 0 Å². The Morgan fingerprint density at radius 1 is 0.947 bits per heavy atom. The van der Waals surface area contributed by atoms with Gasteiger partial charge in [0, 0.05) is 6.42 Å². The molecule has 0 aliphatic carbocycles. The van der Waals surface area contributed by atoms with E-state index in [4.69, 9.17) is 0 Å². The number of carbonyl (C=O) groups excluding carboxylic acids is 1. The quantitative estimate of drug-likeness (QED) is 0.211.